The maximum Gasteiger partial charge on any atom is 0.160 e. The summed E-state index contributed by atoms with van der Waals surface area (Å²) in [5.74, 6) is 0.657. The van der Waals surface area contributed by atoms with Gasteiger partial charge in [0, 0.05) is 51.0 Å². The summed E-state index contributed by atoms with van der Waals surface area (Å²) in [4.78, 5) is 25.0. The van der Waals surface area contributed by atoms with E-state index in [1.54, 1.807) is 6.20 Å². The second-order valence-corrected chi connectivity index (χ2v) is 13.7. The van der Waals surface area contributed by atoms with Crippen molar-refractivity contribution < 1.29 is 0 Å². The van der Waals surface area contributed by atoms with Crippen molar-refractivity contribution in [1.82, 2.24) is 24.9 Å². The second-order valence-electron chi connectivity index (χ2n) is 13.7. The molecule has 0 unspecified atom stereocenters. The summed E-state index contributed by atoms with van der Waals surface area (Å²) in [5.41, 5.74) is 14.7. The first kappa shape index (κ1) is 33.0. The minimum absolute atomic E-state index is 0.657. The SMILES string of the molecule is c1ccc(-c2cc(-c3cccnc3)nc(-c3cccc(-c4cccc(-c5cc(-c6ccccc6)nc6c5ccc5ccc(-c7ccccc7)nc56)c4)c3)n2)cc1. The molecule has 10 rings (SSSR count). The summed E-state index contributed by atoms with van der Waals surface area (Å²) >= 11 is 0. The Morgan fingerprint density at radius 1 is 0.304 bits per heavy atom. The van der Waals surface area contributed by atoms with E-state index >= 15 is 0 Å². The smallest absolute Gasteiger partial charge is 0.160 e. The van der Waals surface area contributed by atoms with Crippen LogP contribution in [0.1, 0.15) is 0 Å². The number of aromatic nitrogens is 5. The van der Waals surface area contributed by atoms with Crippen LogP contribution >= 0.6 is 0 Å². The maximum absolute atomic E-state index is 5.30. The molecule has 262 valence electrons. The number of hydrogen-bond acceptors (Lipinski definition) is 5. The first-order valence-electron chi connectivity index (χ1n) is 18.7. The molecule has 5 nitrogen and oxygen atoms in total. The van der Waals surface area contributed by atoms with E-state index in [-0.39, 0.29) is 0 Å². The average molecular weight is 716 g/mol. The molecule has 6 aromatic carbocycles. The Balaban J connectivity index is 1.11. The third-order valence-electron chi connectivity index (χ3n) is 10.2. The molecule has 0 fully saturated rings. The van der Waals surface area contributed by atoms with E-state index in [1.807, 2.05) is 66.9 Å². The van der Waals surface area contributed by atoms with Crippen LogP contribution in [0.4, 0.5) is 0 Å². The van der Waals surface area contributed by atoms with Crippen molar-refractivity contribution in [3.63, 3.8) is 0 Å². The molecule has 5 heteroatoms. The number of hydrogen-bond donors (Lipinski definition) is 0. The normalized spacial score (nSPS) is 11.2. The van der Waals surface area contributed by atoms with Crippen molar-refractivity contribution in [3.05, 3.63) is 200 Å². The minimum atomic E-state index is 0.657. The predicted molar refractivity (Wildman–Crippen MR) is 228 cm³/mol. The Morgan fingerprint density at radius 3 is 1.48 bits per heavy atom. The zero-order valence-electron chi connectivity index (χ0n) is 30.3. The lowest BCUT2D eigenvalue weighted by Crippen LogP contribution is -1.96. The van der Waals surface area contributed by atoms with Crippen LogP contribution in [-0.2, 0) is 0 Å². The highest BCUT2D eigenvalue weighted by Crippen LogP contribution is 2.38. The van der Waals surface area contributed by atoms with Gasteiger partial charge in [-0.3, -0.25) is 4.98 Å². The molecule has 0 saturated heterocycles. The molecule has 4 aromatic heterocycles. The summed E-state index contributed by atoms with van der Waals surface area (Å²) in [6.07, 6.45) is 3.62. The summed E-state index contributed by atoms with van der Waals surface area (Å²) in [6, 6.07) is 64.9. The van der Waals surface area contributed by atoms with Gasteiger partial charge in [-0.05, 0) is 64.7 Å². The van der Waals surface area contributed by atoms with Crippen LogP contribution in [0.2, 0.25) is 0 Å². The van der Waals surface area contributed by atoms with E-state index in [2.05, 4.69) is 132 Å². The van der Waals surface area contributed by atoms with Crippen LogP contribution in [0.5, 0.6) is 0 Å². The molecule has 0 amide bonds. The zero-order valence-corrected chi connectivity index (χ0v) is 30.3. The van der Waals surface area contributed by atoms with E-state index in [4.69, 9.17) is 19.9 Å². The molecule has 0 aliphatic carbocycles. The largest absolute Gasteiger partial charge is 0.264 e. The number of rotatable bonds is 7. The molecule has 4 heterocycles. The van der Waals surface area contributed by atoms with Crippen molar-refractivity contribution in [2.75, 3.05) is 0 Å². The lowest BCUT2D eigenvalue weighted by molar-refractivity contribution is 1.18. The summed E-state index contributed by atoms with van der Waals surface area (Å²) in [6.45, 7) is 0. The molecule has 0 aliphatic heterocycles. The molecule has 56 heavy (non-hydrogen) atoms. The predicted octanol–water partition coefficient (Wildman–Crippen LogP) is 12.6. The van der Waals surface area contributed by atoms with Gasteiger partial charge in [-0.1, -0.05) is 146 Å². The van der Waals surface area contributed by atoms with Crippen molar-refractivity contribution in [1.29, 1.82) is 0 Å². The van der Waals surface area contributed by atoms with Crippen molar-refractivity contribution in [2.45, 2.75) is 0 Å². The minimum Gasteiger partial charge on any atom is -0.264 e. The molecular weight excluding hydrogens is 683 g/mol. The molecule has 0 spiro atoms. The summed E-state index contributed by atoms with van der Waals surface area (Å²) in [5, 5.41) is 2.10. The number of fused-ring (bicyclic) bond motifs is 3. The van der Waals surface area contributed by atoms with Crippen molar-refractivity contribution in [2.24, 2.45) is 0 Å². The van der Waals surface area contributed by atoms with Crippen LogP contribution < -0.4 is 0 Å². The zero-order chi connectivity index (χ0) is 37.3. The highest BCUT2D eigenvalue weighted by molar-refractivity contribution is 6.10. The van der Waals surface area contributed by atoms with Crippen LogP contribution in [-0.4, -0.2) is 24.9 Å². The first-order chi connectivity index (χ1) is 27.7. The Bertz CT molecular complexity index is 2950. The molecule has 0 N–H and O–H groups in total. The highest BCUT2D eigenvalue weighted by Gasteiger charge is 2.16. The Hall–Kier alpha value is -7.63. The maximum atomic E-state index is 5.30. The Labute approximate surface area is 324 Å². The third kappa shape index (κ3) is 6.37. The molecule has 0 bridgehead atoms. The van der Waals surface area contributed by atoms with Crippen LogP contribution in [0.25, 0.3) is 100 Å². The number of pyridine rings is 3. The van der Waals surface area contributed by atoms with Gasteiger partial charge in [0.1, 0.15) is 0 Å². The second kappa shape index (κ2) is 14.3. The van der Waals surface area contributed by atoms with E-state index in [9.17, 15) is 0 Å². The summed E-state index contributed by atoms with van der Waals surface area (Å²) in [7, 11) is 0. The van der Waals surface area contributed by atoms with Crippen LogP contribution in [0.15, 0.2) is 200 Å². The standard InChI is InChI=1S/C51H33N5/c1-4-13-34(14-5-1)45-27-25-37-24-26-43-44(31-46(35-15-6-2-7-16-35)54-50(43)49(37)53-45)40-21-10-19-38(29-40)39-20-11-22-41(30-39)51-55-47(36-17-8-3-9-18-36)32-48(56-51)42-23-12-28-52-33-42/h1-33H. The molecule has 0 radical (unpaired) electrons. The van der Waals surface area contributed by atoms with Gasteiger partial charge in [-0.25, -0.2) is 19.9 Å². The lowest BCUT2D eigenvalue weighted by atomic mass is 9.94. The van der Waals surface area contributed by atoms with Crippen molar-refractivity contribution in [3.8, 4) is 78.7 Å². The monoisotopic (exact) mass is 715 g/mol. The van der Waals surface area contributed by atoms with Crippen LogP contribution in [0.3, 0.4) is 0 Å². The fourth-order valence-electron chi connectivity index (χ4n) is 7.34. The fourth-order valence-corrected chi connectivity index (χ4v) is 7.34. The van der Waals surface area contributed by atoms with E-state index < -0.39 is 0 Å². The van der Waals surface area contributed by atoms with Gasteiger partial charge in [0.15, 0.2) is 5.82 Å². The third-order valence-corrected chi connectivity index (χ3v) is 10.2. The van der Waals surface area contributed by atoms with Gasteiger partial charge in [0.2, 0.25) is 0 Å². The first-order valence-corrected chi connectivity index (χ1v) is 18.7. The van der Waals surface area contributed by atoms with E-state index in [1.165, 1.54) is 0 Å². The molecular formula is C51H33N5. The molecule has 0 saturated carbocycles. The Kier molecular flexibility index (Phi) is 8.43. The number of benzene rings is 6. The van der Waals surface area contributed by atoms with Gasteiger partial charge in [0.25, 0.3) is 0 Å². The lowest BCUT2D eigenvalue weighted by Gasteiger charge is -2.14. The number of nitrogens with zero attached hydrogens (tertiary/aromatic N) is 5. The topological polar surface area (TPSA) is 64.5 Å². The van der Waals surface area contributed by atoms with E-state index in [0.29, 0.717) is 5.82 Å². The van der Waals surface area contributed by atoms with Gasteiger partial charge >= 0.3 is 0 Å². The fraction of sp³-hybridized carbons (Fsp3) is 0. The van der Waals surface area contributed by atoms with E-state index in [0.717, 1.165) is 94.7 Å². The van der Waals surface area contributed by atoms with Gasteiger partial charge < -0.3 is 0 Å². The van der Waals surface area contributed by atoms with Crippen LogP contribution in [0, 0.1) is 0 Å². The van der Waals surface area contributed by atoms with Crippen molar-refractivity contribution >= 4 is 21.8 Å². The van der Waals surface area contributed by atoms with Gasteiger partial charge in [0.05, 0.1) is 33.8 Å². The quantitative estimate of drug-likeness (QED) is 0.154. The molecule has 10 aromatic rings. The van der Waals surface area contributed by atoms with Gasteiger partial charge in [-0.2, -0.15) is 0 Å². The van der Waals surface area contributed by atoms with Gasteiger partial charge in [-0.15, -0.1) is 0 Å². The Morgan fingerprint density at radius 2 is 0.821 bits per heavy atom. The molecule has 0 aliphatic rings. The highest BCUT2D eigenvalue weighted by atomic mass is 14.9. The molecule has 0 atom stereocenters. The summed E-state index contributed by atoms with van der Waals surface area (Å²) < 4.78 is 0. The average Bonchev–Trinajstić information content (AvgIpc) is 3.29.